The Kier molecular flexibility index (Phi) is 2.91. The van der Waals surface area contributed by atoms with Crippen molar-refractivity contribution >= 4 is 5.97 Å². The van der Waals surface area contributed by atoms with Gasteiger partial charge in [0, 0.05) is 6.61 Å². The van der Waals surface area contributed by atoms with E-state index in [1.807, 2.05) is 6.92 Å². The van der Waals surface area contributed by atoms with E-state index in [4.69, 9.17) is 13.9 Å². The van der Waals surface area contributed by atoms with Crippen LogP contribution < -0.4 is 0 Å². The maximum atomic E-state index is 11.3. The minimum Gasteiger partial charge on any atom is -0.459 e. The molecule has 0 spiro atoms. The summed E-state index contributed by atoms with van der Waals surface area (Å²) in [6.45, 7) is 4.55. The van der Waals surface area contributed by atoms with Gasteiger partial charge in [-0.3, -0.25) is 0 Å². The Hall–Kier alpha value is -1.43. The molecule has 16 heavy (non-hydrogen) atoms. The van der Waals surface area contributed by atoms with E-state index < -0.39 is 11.6 Å². The molecule has 2 rings (SSSR count). The molecule has 2 heterocycles. The Morgan fingerprint density at radius 3 is 3.00 bits per heavy atom. The highest BCUT2D eigenvalue weighted by molar-refractivity contribution is 5.83. The average Bonchev–Trinajstić information content (AvgIpc) is 2.86. The van der Waals surface area contributed by atoms with E-state index in [1.165, 1.54) is 0 Å². The Labute approximate surface area is 92.9 Å². The van der Waals surface area contributed by atoms with Gasteiger partial charge in [0.05, 0.1) is 6.61 Å². The molecule has 0 aliphatic carbocycles. The zero-order chi connectivity index (χ0) is 11.6. The van der Waals surface area contributed by atoms with Gasteiger partial charge in [-0.05, 0) is 26.7 Å². The van der Waals surface area contributed by atoms with Crippen LogP contribution in [0, 0.1) is 0 Å². The second-order valence-corrected chi connectivity index (χ2v) is 3.82. The van der Waals surface area contributed by atoms with Crippen molar-refractivity contribution in [2.75, 3.05) is 13.2 Å². The van der Waals surface area contributed by atoms with Gasteiger partial charge in [-0.2, -0.15) is 0 Å². The summed E-state index contributed by atoms with van der Waals surface area (Å²) in [5.41, 5.74) is -0.558. The summed E-state index contributed by atoms with van der Waals surface area (Å²) in [7, 11) is 0. The monoisotopic (exact) mass is 226 g/mol. The van der Waals surface area contributed by atoms with Crippen molar-refractivity contribution in [3.05, 3.63) is 11.8 Å². The first-order valence-corrected chi connectivity index (χ1v) is 5.31. The van der Waals surface area contributed by atoms with Crippen LogP contribution in [-0.4, -0.2) is 29.4 Å². The third kappa shape index (κ3) is 1.92. The largest absolute Gasteiger partial charge is 0.459 e. The topological polar surface area (TPSA) is 74.5 Å². The molecule has 0 radical (unpaired) electrons. The molecule has 1 atom stereocenters. The third-order valence-corrected chi connectivity index (χ3v) is 2.55. The molecule has 1 aromatic rings. The Morgan fingerprint density at radius 2 is 2.38 bits per heavy atom. The highest BCUT2D eigenvalue weighted by Crippen LogP contribution is 2.34. The standard InChI is InChI=1S/C10H14N2O4/c1-3-14-8(13)7-11-12-9(16-7)10(2)5-4-6-15-10/h3-6H2,1-2H3. The third-order valence-electron chi connectivity index (χ3n) is 2.55. The number of esters is 1. The van der Waals surface area contributed by atoms with Crippen molar-refractivity contribution < 1.29 is 18.7 Å². The summed E-state index contributed by atoms with van der Waals surface area (Å²) in [4.78, 5) is 11.3. The van der Waals surface area contributed by atoms with Gasteiger partial charge in [-0.25, -0.2) is 4.79 Å². The number of hydrogen-bond donors (Lipinski definition) is 0. The summed E-state index contributed by atoms with van der Waals surface area (Å²) in [6.07, 6.45) is 1.77. The van der Waals surface area contributed by atoms with Gasteiger partial charge in [-0.15, -0.1) is 10.2 Å². The zero-order valence-electron chi connectivity index (χ0n) is 9.36. The van der Waals surface area contributed by atoms with E-state index >= 15 is 0 Å². The van der Waals surface area contributed by atoms with E-state index in [2.05, 4.69) is 10.2 Å². The van der Waals surface area contributed by atoms with Gasteiger partial charge in [0.15, 0.2) is 0 Å². The van der Waals surface area contributed by atoms with Gasteiger partial charge in [0.2, 0.25) is 5.89 Å². The van der Waals surface area contributed by atoms with Crippen LogP contribution in [0.2, 0.25) is 0 Å². The number of ether oxygens (including phenoxy) is 2. The zero-order valence-corrected chi connectivity index (χ0v) is 9.36. The maximum Gasteiger partial charge on any atom is 0.396 e. The van der Waals surface area contributed by atoms with Crippen LogP contribution in [-0.2, 0) is 15.1 Å². The number of carbonyl (C=O) groups is 1. The molecular formula is C10H14N2O4. The summed E-state index contributed by atoms with van der Waals surface area (Å²) in [5.74, 6) is -0.371. The van der Waals surface area contributed by atoms with Crippen LogP contribution in [0.25, 0.3) is 0 Å². The molecule has 1 unspecified atom stereocenters. The second kappa shape index (κ2) is 4.21. The molecule has 0 saturated carbocycles. The fourth-order valence-corrected chi connectivity index (χ4v) is 1.66. The van der Waals surface area contributed by atoms with Crippen LogP contribution in [0.4, 0.5) is 0 Å². The summed E-state index contributed by atoms with van der Waals surface area (Å²) in [6, 6.07) is 0. The minimum atomic E-state index is -0.595. The second-order valence-electron chi connectivity index (χ2n) is 3.82. The molecule has 0 N–H and O–H groups in total. The summed E-state index contributed by atoms with van der Waals surface area (Å²) < 4.78 is 15.6. The number of carbonyl (C=O) groups excluding carboxylic acids is 1. The molecule has 1 aliphatic heterocycles. The molecule has 0 amide bonds. The van der Waals surface area contributed by atoms with Crippen LogP contribution >= 0.6 is 0 Å². The first-order valence-electron chi connectivity index (χ1n) is 5.31. The van der Waals surface area contributed by atoms with Crippen LogP contribution in [0.1, 0.15) is 43.3 Å². The number of nitrogens with zero attached hydrogens (tertiary/aromatic N) is 2. The SMILES string of the molecule is CCOC(=O)c1nnc(C2(C)CCCO2)o1. The van der Waals surface area contributed by atoms with Crippen molar-refractivity contribution in [2.24, 2.45) is 0 Å². The molecule has 6 nitrogen and oxygen atoms in total. The lowest BCUT2D eigenvalue weighted by Crippen LogP contribution is -2.20. The maximum absolute atomic E-state index is 11.3. The van der Waals surface area contributed by atoms with Crippen molar-refractivity contribution in [2.45, 2.75) is 32.3 Å². The molecule has 1 aliphatic rings. The molecule has 1 aromatic heterocycles. The minimum absolute atomic E-state index is 0.117. The van der Waals surface area contributed by atoms with E-state index in [1.54, 1.807) is 6.92 Å². The van der Waals surface area contributed by atoms with Gasteiger partial charge in [0.1, 0.15) is 5.60 Å². The van der Waals surface area contributed by atoms with E-state index in [0.717, 1.165) is 12.8 Å². The first-order chi connectivity index (χ1) is 7.65. The predicted octanol–water partition coefficient (Wildman–Crippen LogP) is 1.27. The van der Waals surface area contributed by atoms with Crippen LogP contribution in [0.3, 0.4) is 0 Å². The molecule has 88 valence electrons. The van der Waals surface area contributed by atoms with Gasteiger partial charge < -0.3 is 13.9 Å². The molecule has 6 heteroatoms. The summed E-state index contributed by atoms with van der Waals surface area (Å²) in [5, 5.41) is 7.48. The van der Waals surface area contributed by atoms with E-state index in [-0.39, 0.29) is 12.5 Å². The van der Waals surface area contributed by atoms with Crippen molar-refractivity contribution in [3.63, 3.8) is 0 Å². The summed E-state index contributed by atoms with van der Waals surface area (Å²) >= 11 is 0. The normalized spacial score (nSPS) is 24.6. The molecule has 1 fully saturated rings. The first kappa shape index (κ1) is 11.1. The lowest BCUT2D eigenvalue weighted by atomic mass is 10.0. The number of aromatic nitrogens is 2. The highest BCUT2D eigenvalue weighted by atomic mass is 16.6. The Bertz CT molecular complexity index is 382. The Balaban J connectivity index is 2.16. The molecule has 0 bridgehead atoms. The molecule has 1 saturated heterocycles. The lowest BCUT2D eigenvalue weighted by Gasteiger charge is -2.17. The highest BCUT2D eigenvalue weighted by Gasteiger charge is 2.38. The fraction of sp³-hybridized carbons (Fsp3) is 0.700. The van der Waals surface area contributed by atoms with E-state index in [9.17, 15) is 4.79 Å². The Morgan fingerprint density at radius 1 is 1.56 bits per heavy atom. The van der Waals surface area contributed by atoms with Crippen LogP contribution in [0.15, 0.2) is 4.42 Å². The molecular weight excluding hydrogens is 212 g/mol. The van der Waals surface area contributed by atoms with Gasteiger partial charge >= 0.3 is 11.9 Å². The van der Waals surface area contributed by atoms with Crippen molar-refractivity contribution in [1.82, 2.24) is 10.2 Å². The molecule has 0 aromatic carbocycles. The number of hydrogen-bond acceptors (Lipinski definition) is 6. The predicted molar refractivity (Wildman–Crippen MR) is 52.8 cm³/mol. The van der Waals surface area contributed by atoms with Crippen molar-refractivity contribution in [1.29, 1.82) is 0 Å². The lowest BCUT2D eigenvalue weighted by molar-refractivity contribution is -0.00672. The van der Waals surface area contributed by atoms with Gasteiger partial charge in [-0.1, -0.05) is 0 Å². The smallest absolute Gasteiger partial charge is 0.396 e. The average molecular weight is 226 g/mol. The number of rotatable bonds is 3. The van der Waals surface area contributed by atoms with Gasteiger partial charge in [0.25, 0.3) is 0 Å². The van der Waals surface area contributed by atoms with Crippen LogP contribution in [0.5, 0.6) is 0 Å². The fourth-order valence-electron chi connectivity index (χ4n) is 1.66. The quantitative estimate of drug-likeness (QED) is 0.722. The van der Waals surface area contributed by atoms with E-state index in [0.29, 0.717) is 12.5 Å². The van der Waals surface area contributed by atoms with Crippen molar-refractivity contribution in [3.8, 4) is 0 Å².